The molecule has 6 heteroatoms. The summed E-state index contributed by atoms with van der Waals surface area (Å²) in [5.41, 5.74) is 2.29. The third-order valence-electron chi connectivity index (χ3n) is 3.96. The molecular formula is C22H20N2O4. The SMILES string of the molecule is Cc1ccccc1OCC(=O)Nc1cccc(C(=O)Nc2cccc(O)c2)c1. The predicted octanol–water partition coefficient (Wildman–Crippen LogP) is 3.97. The molecule has 0 aliphatic heterocycles. The van der Waals surface area contributed by atoms with Gasteiger partial charge in [-0.25, -0.2) is 0 Å². The lowest BCUT2D eigenvalue weighted by Gasteiger charge is -2.10. The molecule has 0 bridgehead atoms. The molecule has 0 radical (unpaired) electrons. The largest absolute Gasteiger partial charge is 0.508 e. The van der Waals surface area contributed by atoms with Crippen molar-refractivity contribution in [1.82, 2.24) is 0 Å². The van der Waals surface area contributed by atoms with Crippen molar-refractivity contribution >= 4 is 23.2 Å². The second-order valence-corrected chi connectivity index (χ2v) is 6.19. The van der Waals surface area contributed by atoms with Crippen molar-refractivity contribution in [3.8, 4) is 11.5 Å². The van der Waals surface area contributed by atoms with Crippen LogP contribution in [0, 0.1) is 6.92 Å². The number of rotatable bonds is 6. The van der Waals surface area contributed by atoms with Gasteiger partial charge in [-0.05, 0) is 48.9 Å². The molecule has 2 amide bonds. The molecule has 0 spiro atoms. The summed E-state index contributed by atoms with van der Waals surface area (Å²) in [5.74, 6) is 0.0380. The zero-order valence-electron chi connectivity index (χ0n) is 15.3. The minimum absolute atomic E-state index is 0.0625. The number of ether oxygens (including phenoxy) is 1. The van der Waals surface area contributed by atoms with Gasteiger partial charge in [-0.2, -0.15) is 0 Å². The van der Waals surface area contributed by atoms with Crippen LogP contribution in [0.15, 0.2) is 72.8 Å². The number of para-hydroxylation sites is 1. The summed E-state index contributed by atoms with van der Waals surface area (Å²) in [4.78, 5) is 24.5. The number of aromatic hydroxyl groups is 1. The molecule has 0 aliphatic rings. The van der Waals surface area contributed by atoms with Crippen molar-refractivity contribution in [2.45, 2.75) is 6.92 Å². The summed E-state index contributed by atoms with van der Waals surface area (Å²) in [6.07, 6.45) is 0. The van der Waals surface area contributed by atoms with E-state index in [0.717, 1.165) is 5.56 Å². The molecule has 3 rings (SSSR count). The summed E-state index contributed by atoms with van der Waals surface area (Å²) < 4.78 is 5.52. The Labute approximate surface area is 162 Å². The van der Waals surface area contributed by atoms with E-state index in [2.05, 4.69) is 10.6 Å². The van der Waals surface area contributed by atoms with Crippen molar-refractivity contribution in [2.24, 2.45) is 0 Å². The van der Waals surface area contributed by atoms with E-state index in [-0.39, 0.29) is 24.2 Å². The Morgan fingerprint density at radius 1 is 0.893 bits per heavy atom. The number of phenolic OH excluding ortho intramolecular Hbond substituents is 1. The number of hydrogen-bond acceptors (Lipinski definition) is 4. The van der Waals surface area contributed by atoms with Gasteiger partial charge in [0.1, 0.15) is 11.5 Å². The van der Waals surface area contributed by atoms with Gasteiger partial charge in [0.15, 0.2) is 6.61 Å². The van der Waals surface area contributed by atoms with Gasteiger partial charge in [-0.15, -0.1) is 0 Å². The summed E-state index contributed by atoms with van der Waals surface area (Å²) >= 11 is 0. The minimum atomic E-state index is -0.349. The molecule has 3 aromatic rings. The van der Waals surface area contributed by atoms with E-state index in [1.54, 1.807) is 42.5 Å². The lowest BCUT2D eigenvalue weighted by Crippen LogP contribution is -2.20. The summed E-state index contributed by atoms with van der Waals surface area (Å²) in [6, 6.07) is 20.3. The quantitative estimate of drug-likeness (QED) is 0.607. The highest BCUT2D eigenvalue weighted by Gasteiger charge is 2.10. The molecule has 6 nitrogen and oxygen atoms in total. The smallest absolute Gasteiger partial charge is 0.262 e. The summed E-state index contributed by atoms with van der Waals surface area (Å²) in [6.45, 7) is 1.77. The van der Waals surface area contributed by atoms with Gasteiger partial charge in [-0.3, -0.25) is 9.59 Å². The Balaban J connectivity index is 1.60. The van der Waals surface area contributed by atoms with Crippen LogP contribution in [-0.2, 0) is 4.79 Å². The highest BCUT2D eigenvalue weighted by molar-refractivity contribution is 6.05. The van der Waals surface area contributed by atoms with E-state index < -0.39 is 0 Å². The fraction of sp³-hybridized carbons (Fsp3) is 0.0909. The topological polar surface area (TPSA) is 87.7 Å². The van der Waals surface area contributed by atoms with E-state index >= 15 is 0 Å². The molecule has 0 unspecified atom stereocenters. The van der Waals surface area contributed by atoms with Gasteiger partial charge in [0.05, 0.1) is 0 Å². The van der Waals surface area contributed by atoms with Gasteiger partial charge in [0, 0.05) is 23.0 Å². The first-order chi connectivity index (χ1) is 13.5. The van der Waals surface area contributed by atoms with Gasteiger partial charge < -0.3 is 20.5 Å². The normalized spacial score (nSPS) is 10.2. The van der Waals surface area contributed by atoms with E-state index in [1.807, 2.05) is 25.1 Å². The number of benzene rings is 3. The number of carbonyl (C=O) groups is 2. The fourth-order valence-electron chi connectivity index (χ4n) is 2.58. The average molecular weight is 376 g/mol. The zero-order chi connectivity index (χ0) is 19.9. The molecule has 28 heavy (non-hydrogen) atoms. The Morgan fingerprint density at radius 3 is 2.36 bits per heavy atom. The highest BCUT2D eigenvalue weighted by atomic mass is 16.5. The Hall–Kier alpha value is -3.80. The van der Waals surface area contributed by atoms with E-state index in [0.29, 0.717) is 22.7 Å². The summed E-state index contributed by atoms with van der Waals surface area (Å²) in [5, 5.41) is 14.9. The van der Waals surface area contributed by atoms with E-state index in [4.69, 9.17) is 4.74 Å². The van der Waals surface area contributed by atoms with Crippen LogP contribution in [0.5, 0.6) is 11.5 Å². The zero-order valence-corrected chi connectivity index (χ0v) is 15.3. The highest BCUT2D eigenvalue weighted by Crippen LogP contribution is 2.18. The minimum Gasteiger partial charge on any atom is -0.508 e. The van der Waals surface area contributed by atoms with Crippen LogP contribution in [0.2, 0.25) is 0 Å². The van der Waals surface area contributed by atoms with Crippen molar-refractivity contribution in [1.29, 1.82) is 0 Å². The van der Waals surface area contributed by atoms with E-state index in [9.17, 15) is 14.7 Å². The molecule has 0 fully saturated rings. The van der Waals surface area contributed by atoms with Crippen LogP contribution in [0.1, 0.15) is 15.9 Å². The molecule has 0 atom stereocenters. The third-order valence-corrected chi connectivity index (χ3v) is 3.96. The number of amides is 2. The first-order valence-electron chi connectivity index (χ1n) is 8.70. The number of aryl methyl sites for hydroxylation is 1. The van der Waals surface area contributed by atoms with Gasteiger partial charge in [-0.1, -0.05) is 30.3 Å². The Kier molecular flexibility index (Phi) is 5.91. The Bertz CT molecular complexity index is 1000. The average Bonchev–Trinajstić information content (AvgIpc) is 2.67. The molecule has 3 aromatic carbocycles. The molecular weight excluding hydrogens is 356 g/mol. The number of anilines is 2. The second kappa shape index (κ2) is 8.73. The predicted molar refractivity (Wildman–Crippen MR) is 108 cm³/mol. The lowest BCUT2D eigenvalue weighted by molar-refractivity contribution is -0.118. The molecule has 0 aromatic heterocycles. The maximum Gasteiger partial charge on any atom is 0.262 e. The molecule has 142 valence electrons. The van der Waals surface area contributed by atoms with E-state index in [1.165, 1.54) is 12.1 Å². The van der Waals surface area contributed by atoms with Crippen LogP contribution in [0.25, 0.3) is 0 Å². The Morgan fingerprint density at radius 2 is 1.61 bits per heavy atom. The molecule has 3 N–H and O–H groups in total. The second-order valence-electron chi connectivity index (χ2n) is 6.19. The first kappa shape index (κ1) is 19.0. The van der Waals surface area contributed by atoms with Gasteiger partial charge in [0.2, 0.25) is 0 Å². The van der Waals surface area contributed by atoms with Gasteiger partial charge in [0.25, 0.3) is 11.8 Å². The monoisotopic (exact) mass is 376 g/mol. The molecule has 0 saturated carbocycles. The molecule has 0 saturated heterocycles. The maximum absolute atomic E-state index is 12.4. The van der Waals surface area contributed by atoms with Crippen molar-refractivity contribution in [3.63, 3.8) is 0 Å². The fourth-order valence-corrected chi connectivity index (χ4v) is 2.58. The number of nitrogens with one attached hydrogen (secondary N) is 2. The number of hydrogen-bond donors (Lipinski definition) is 3. The summed E-state index contributed by atoms with van der Waals surface area (Å²) in [7, 11) is 0. The number of phenols is 1. The maximum atomic E-state index is 12.4. The van der Waals surface area contributed by atoms with Crippen molar-refractivity contribution in [2.75, 3.05) is 17.2 Å². The lowest BCUT2D eigenvalue weighted by atomic mass is 10.1. The van der Waals surface area contributed by atoms with Crippen molar-refractivity contribution < 1.29 is 19.4 Å². The first-order valence-corrected chi connectivity index (χ1v) is 8.70. The van der Waals surface area contributed by atoms with Gasteiger partial charge >= 0.3 is 0 Å². The van der Waals surface area contributed by atoms with Crippen LogP contribution in [0.3, 0.4) is 0 Å². The van der Waals surface area contributed by atoms with Crippen LogP contribution < -0.4 is 15.4 Å². The van der Waals surface area contributed by atoms with Crippen molar-refractivity contribution in [3.05, 3.63) is 83.9 Å². The third kappa shape index (κ3) is 5.11. The molecule has 0 heterocycles. The van der Waals surface area contributed by atoms with Crippen LogP contribution in [0.4, 0.5) is 11.4 Å². The van der Waals surface area contributed by atoms with Crippen LogP contribution >= 0.6 is 0 Å². The number of carbonyl (C=O) groups excluding carboxylic acids is 2. The molecule has 0 aliphatic carbocycles. The van der Waals surface area contributed by atoms with Crippen LogP contribution in [-0.4, -0.2) is 23.5 Å². The standard InChI is InChI=1S/C22H20N2O4/c1-15-6-2-3-11-20(15)28-14-21(26)23-17-8-4-7-16(12-17)22(27)24-18-9-5-10-19(25)13-18/h2-13,25H,14H2,1H3,(H,23,26)(H,24,27).